The van der Waals surface area contributed by atoms with Gasteiger partial charge in [0, 0.05) is 0 Å². The fourth-order valence-electron chi connectivity index (χ4n) is 0.430. The maximum Gasteiger partial charge on any atom is 0.269 e. The lowest BCUT2D eigenvalue weighted by Gasteiger charge is -1.95. The molecule has 0 bridgehead atoms. The normalized spacial score (nSPS) is 21.7. The molecule has 1 N–H and O–H groups in total. The van der Waals surface area contributed by atoms with Crippen molar-refractivity contribution in [3.8, 4) is 0 Å². The zero-order valence-electron chi connectivity index (χ0n) is 12.2. The first-order valence-electron chi connectivity index (χ1n) is 5.97. The summed E-state index contributed by atoms with van der Waals surface area (Å²) in [4.78, 5) is 0. The van der Waals surface area contributed by atoms with E-state index in [2.05, 4.69) is 0 Å². The molecular formula is C7H8O3S. The average molecular weight is 179 g/mol. The van der Waals surface area contributed by atoms with E-state index in [9.17, 15) is 8.42 Å². The largest absolute Gasteiger partial charge is 0.285 e. The van der Waals surface area contributed by atoms with Crippen LogP contribution < -0.4 is 0 Å². The van der Waals surface area contributed by atoms with Gasteiger partial charge in [-0.25, -0.2) is 0 Å². The van der Waals surface area contributed by atoms with Gasteiger partial charge in [0.25, 0.3) is 10.1 Å². The Balaban J connectivity index is 3.84. The molecule has 0 aromatic heterocycles. The Labute approximate surface area is 75.3 Å². The van der Waals surface area contributed by atoms with E-state index < -0.39 is 51.6 Å². The molecule has 0 aliphatic heterocycles. The lowest BCUT2D eigenvalue weighted by Crippen LogP contribution is -2.00. The summed E-state index contributed by atoms with van der Waals surface area (Å²) in [5.41, 5.74) is -4.60. The maximum atomic E-state index is 10.9. The van der Waals surface area contributed by atoms with Gasteiger partial charge in [-0.2, -0.15) is 8.42 Å². The molecule has 0 fully saturated rings. The van der Waals surface area contributed by atoms with E-state index in [1.54, 1.807) is 0 Å². The summed E-state index contributed by atoms with van der Waals surface area (Å²) in [5, 5.41) is 0. The second-order valence-electron chi connectivity index (χ2n) is 1.58. The van der Waals surface area contributed by atoms with Gasteiger partial charge in [-0.05, 0) is 5.56 Å². The van der Waals surface area contributed by atoms with Crippen LogP contribution in [0.25, 0.3) is 0 Å². The third-order valence-corrected chi connectivity index (χ3v) is 1.19. The Morgan fingerprint density at radius 3 is 2.45 bits per heavy atom. The minimum absolute atomic E-state index is 0.778. The van der Waals surface area contributed by atoms with Crippen molar-refractivity contribution in [1.29, 1.82) is 0 Å². The van der Waals surface area contributed by atoms with Crippen molar-refractivity contribution < 1.29 is 22.6 Å². The molecule has 60 valence electrons. The van der Waals surface area contributed by atoms with Crippen LogP contribution >= 0.6 is 0 Å². The van der Waals surface area contributed by atoms with E-state index in [1.165, 1.54) is 0 Å². The van der Waals surface area contributed by atoms with Crippen LogP contribution in [0.4, 0.5) is 0 Å². The van der Waals surface area contributed by atoms with Crippen molar-refractivity contribution >= 4 is 10.1 Å². The van der Waals surface area contributed by atoms with Crippen molar-refractivity contribution in [3.05, 3.63) is 35.8 Å². The number of benzene rings is 1. The van der Waals surface area contributed by atoms with Crippen LogP contribution in [0.2, 0.25) is 0 Å². The molecule has 0 saturated carbocycles. The van der Waals surface area contributed by atoms with Gasteiger partial charge < -0.3 is 0 Å². The van der Waals surface area contributed by atoms with Crippen LogP contribution in [-0.4, -0.2) is 13.0 Å². The highest BCUT2D eigenvalue weighted by Gasteiger charge is 2.04. The monoisotopic (exact) mass is 179 g/mol. The standard InChI is InChI=1S/C7H8O3S/c8-11(9,10)6-7-4-2-1-3-5-7/h1-5H,6H2,(H,8,9,10)/i1D,2D,3D,4D,5D,6D2. The van der Waals surface area contributed by atoms with E-state index in [0.29, 0.717) is 0 Å². The molecule has 1 aromatic rings. The minimum atomic E-state index is -5.28. The summed E-state index contributed by atoms with van der Waals surface area (Å²) in [6.07, 6.45) is 0. The second-order valence-corrected chi connectivity index (χ2v) is 2.73. The molecular weight excluding hydrogens is 164 g/mol. The van der Waals surface area contributed by atoms with Gasteiger partial charge in [0.2, 0.25) is 0 Å². The van der Waals surface area contributed by atoms with E-state index in [1.807, 2.05) is 0 Å². The highest BCUT2D eigenvalue weighted by molar-refractivity contribution is 7.85. The summed E-state index contributed by atoms with van der Waals surface area (Å²) < 4.78 is 81.6. The van der Waals surface area contributed by atoms with E-state index in [-0.39, 0.29) is 0 Å². The molecule has 0 spiro atoms. The van der Waals surface area contributed by atoms with Crippen LogP contribution in [0, 0.1) is 0 Å². The van der Waals surface area contributed by atoms with Crippen molar-refractivity contribution in [2.24, 2.45) is 0 Å². The Morgan fingerprint density at radius 1 is 1.45 bits per heavy atom. The third-order valence-electron chi connectivity index (χ3n) is 0.731. The molecule has 0 atom stereocenters. The van der Waals surface area contributed by atoms with Gasteiger partial charge in [-0.3, -0.25) is 4.55 Å². The lowest BCUT2D eigenvalue weighted by molar-refractivity contribution is 0.482. The third kappa shape index (κ3) is 3.15. The van der Waals surface area contributed by atoms with Gasteiger partial charge in [0.15, 0.2) is 0 Å². The van der Waals surface area contributed by atoms with Crippen molar-refractivity contribution in [3.63, 3.8) is 0 Å². The molecule has 0 amide bonds. The van der Waals surface area contributed by atoms with Crippen molar-refractivity contribution in [2.45, 2.75) is 5.70 Å². The molecule has 3 nitrogen and oxygen atoms in total. The summed E-state index contributed by atoms with van der Waals surface area (Å²) >= 11 is 0. The first kappa shape index (κ1) is 2.88. The molecule has 11 heavy (non-hydrogen) atoms. The molecule has 0 unspecified atom stereocenters. The second kappa shape index (κ2) is 3.02. The van der Waals surface area contributed by atoms with Crippen LogP contribution in [0.3, 0.4) is 0 Å². The first-order chi connectivity index (χ1) is 7.93. The van der Waals surface area contributed by atoms with E-state index in [0.717, 1.165) is 0 Å². The van der Waals surface area contributed by atoms with Gasteiger partial charge in [-0.1, -0.05) is 30.2 Å². The maximum absolute atomic E-state index is 10.9. The van der Waals surface area contributed by atoms with Crippen LogP contribution in [0.15, 0.2) is 30.2 Å². The summed E-state index contributed by atoms with van der Waals surface area (Å²) in [6, 6.07) is -4.55. The average Bonchev–Trinajstić information content (AvgIpc) is 2.22. The summed E-state index contributed by atoms with van der Waals surface area (Å²) in [6.45, 7) is 0. The van der Waals surface area contributed by atoms with Crippen LogP contribution in [0.5, 0.6) is 0 Å². The fraction of sp³-hybridized carbons (Fsp3) is 0.143. The zero-order valence-corrected chi connectivity index (χ0v) is 5.99. The Kier molecular flexibility index (Phi) is 0.791. The molecule has 1 rings (SSSR count). The molecule has 4 heteroatoms. The SMILES string of the molecule is [2H]c1c([2H])c([2H])c(C([2H])([2H])S(=O)(=O)O)c([2H])c1[2H]. The highest BCUT2D eigenvalue weighted by Crippen LogP contribution is 2.02. The van der Waals surface area contributed by atoms with Gasteiger partial charge >= 0.3 is 0 Å². The Hall–Kier alpha value is -0.870. The Morgan fingerprint density at radius 2 is 2.00 bits per heavy atom. The predicted octanol–water partition coefficient (Wildman–Crippen LogP) is 1.07. The van der Waals surface area contributed by atoms with Gasteiger partial charge in [0.1, 0.15) is 5.70 Å². The Bertz CT molecular complexity index is 581. The van der Waals surface area contributed by atoms with Crippen LogP contribution in [-0.2, 0) is 15.8 Å². The summed E-state index contributed by atoms with van der Waals surface area (Å²) in [5.74, 6) is 0. The number of hydrogen-bond donors (Lipinski definition) is 1. The van der Waals surface area contributed by atoms with Gasteiger partial charge in [-0.15, -0.1) is 0 Å². The number of rotatable bonds is 2. The van der Waals surface area contributed by atoms with Crippen LogP contribution in [0.1, 0.15) is 15.2 Å². The quantitative estimate of drug-likeness (QED) is 0.691. The highest BCUT2D eigenvalue weighted by atomic mass is 32.2. The molecule has 0 aliphatic carbocycles. The first-order valence-corrected chi connectivity index (χ1v) is 3.91. The number of hydrogen-bond acceptors (Lipinski definition) is 2. The lowest BCUT2D eigenvalue weighted by atomic mass is 10.2. The molecule has 0 saturated heterocycles. The molecule has 0 aliphatic rings. The fourth-order valence-corrected chi connectivity index (χ4v) is 0.790. The molecule has 0 heterocycles. The smallest absolute Gasteiger partial charge is 0.269 e. The van der Waals surface area contributed by atoms with Crippen molar-refractivity contribution in [1.82, 2.24) is 0 Å². The molecule has 1 aromatic carbocycles. The van der Waals surface area contributed by atoms with E-state index >= 15 is 0 Å². The van der Waals surface area contributed by atoms with Crippen molar-refractivity contribution in [2.75, 3.05) is 0 Å². The van der Waals surface area contributed by atoms with E-state index in [4.69, 9.17) is 14.1 Å². The van der Waals surface area contributed by atoms with Gasteiger partial charge in [0.05, 0.1) is 9.60 Å². The topological polar surface area (TPSA) is 54.4 Å². The zero-order chi connectivity index (χ0) is 14.5. The summed E-state index contributed by atoms with van der Waals surface area (Å²) in [7, 11) is -5.28. The predicted molar refractivity (Wildman–Crippen MR) is 41.7 cm³/mol. The minimum Gasteiger partial charge on any atom is -0.285 e. The molecule has 0 radical (unpaired) electrons.